The van der Waals surface area contributed by atoms with E-state index in [1.807, 2.05) is 50.2 Å². The Hall–Kier alpha value is -4.14. The molecule has 0 saturated heterocycles. The van der Waals surface area contributed by atoms with Gasteiger partial charge in [-0.2, -0.15) is 0 Å². The molecule has 38 heavy (non-hydrogen) atoms. The molecule has 0 saturated carbocycles. The van der Waals surface area contributed by atoms with E-state index in [0.717, 1.165) is 16.7 Å². The van der Waals surface area contributed by atoms with Crippen LogP contribution in [-0.2, 0) is 16.6 Å². The van der Waals surface area contributed by atoms with E-state index in [1.165, 1.54) is 18.2 Å². The molecule has 194 valence electrons. The number of para-hydroxylation sites is 1. The van der Waals surface area contributed by atoms with Gasteiger partial charge in [-0.05, 0) is 66.9 Å². The third-order valence-corrected chi connectivity index (χ3v) is 7.89. The van der Waals surface area contributed by atoms with Crippen molar-refractivity contribution < 1.29 is 18.0 Å². The molecule has 0 aliphatic carbocycles. The summed E-state index contributed by atoms with van der Waals surface area (Å²) in [6, 6.07) is 25.3. The van der Waals surface area contributed by atoms with Crippen LogP contribution in [0, 0.1) is 13.8 Å². The summed E-state index contributed by atoms with van der Waals surface area (Å²) in [5.74, 6) is -0.949. The molecule has 0 heterocycles. The molecule has 0 aromatic heterocycles. The molecule has 2 amide bonds. The highest BCUT2D eigenvalue weighted by atomic mass is 35.5. The van der Waals surface area contributed by atoms with Gasteiger partial charge in [-0.25, -0.2) is 8.42 Å². The van der Waals surface area contributed by atoms with Crippen molar-refractivity contribution >= 4 is 44.8 Å². The van der Waals surface area contributed by atoms with Gasteiger partial charge in [-0.15, -0.1) is 0 Å². The van der Waals surface area contributed by atoms with Crippen LogP contribution in [0.5, 0.6) is 0 Å². The molecule has 7 nitrogen and oxygen atoms in total. The highest BCUT2D eigenvalue weighted by molar-refractivity contribution is 7.92. The van der Waals surface area contributed by atoms with Crippen molar-refractivity contribution in [2.24, 2.45) is 0 Å². The number of amides is 2. The van der Waals surface area contributed by atoms with Crippen LogP contribution in [-0.4, -0.2) is 20.2 Å². The van der Waals surface area contributed by atoms with Crippen molar-refractivity contribution in [2.75, 3.05) is 10.0 Å². The lowest BCUT2D eigenvalue weighted by molar-refractivity contribution is 0.0951. The van der Waals surface area contributed by atoms with Crippen molar-refractivity contribution in [3.8, 4) is 0 Å². The molecule has 0 unspecified atom stereocenters. The Morgan fingerprint density at radius 1 is 0.789 bits per heavy atom. The molecule has 0 bridgehead atoms. The maximum absolute atomic E-state index is 13.2. The van der Waals surface area contributed by atoms with Crippen molar-refractivity contribution in [1.82, 2.24) is 5.32 Å². The lowest BCUT2D eigenvalue weighted by Gasteiger charge is -2.14. The van der Waals surface area contributed by atoms with E-state index in [1.54, 1.807) is 36.4 Å². The van der Waals surface area contributed by atoms with Gasteiger partial charge in [0.2, 0.25) is 0 Å². The van der Waals surface area contributed by atoms with Crippen molar-refractivity contribution in [3.05, 3.63) is 124 Å². The molecule has 0 aliphatic rings. The molecule has 0 atom stereocenters. The number of hydrogen-bond donors (Lipinski definition) is 3. The standard InChI is InChI=1S/C29H26ClN3O4S/c1-19-9-8-14-25(20(19)2)33-38(36,37)27-17-22(15-16-24(27)30)28(34)32-26-13-7-6-12-23(26)29(35)31-18-21-10-4-3-5-11-21/h3-17,33H,18H2,1-2H3,(H,31,35)(H,32,34). The van der Waals surface area contributed by atoms with E-state index in [-0.39, 0.29) is 32.6 Å². The van der Waals surface area contributed by atoms with Crippen molar-refractivity contribution in [2.45, 2.75) is 25.3 Å². The van der Waals surface area contributed by atoms with Crippen LogP contribution in [0.2, 0.25) is 5.02 Å². The third-order valence-electron chi connectivity index (χ3n) is 6.05. The predicted molar refractivity (Wildman–Crippen MR) is 150 cm³/mol. The average molecular weight is 548 g/mol. The Balaban J connectivity index is 1.54. The van der Waals surface area contributed by atoms with Crippen LogP contribution in [0.25, 0.3) is 0 Å². The summed E-state index contributed by atoms with van der Waals surface area (Å²) >= 11 is 6.23. The number of halogens is 1. The Kier molecular flexibility index (Phi) is 8.14. The van der Waals surface area contributed by atoms with E-state index >= 15 is 0 Å². The average Bonchev–Trinajstić information content (AvgIpc) is 2.91. The zero-order valence-electron chi connectivity index (χ0n) is 20.8. The number of sulfonamides is 1. The minimum absolute atomic E-state index is 0.0277. The number of nitrogens with one attached hydrogen (secondary N) is 3. The van der Waals surface area contributed by atoms with Gasteiger partial charge >= 0.3 is 0 Å². The maximum Gasteiger partial charge on any atom is 0.263 e. The molecule has 4 rings (SSSR count). The first-order valence-corrected chi connectivity index (χ1v) is 13.6. The van der Waals surface area contributed by atoms with Gasteiger partial charge < -0.3 is 10.6 Å². The van der Waals surface area contributed by atoms with Crippen LogP contribution in [0.4, 0.5) is 11.4 Å². The van der Waals surface area contributed by atoms with Crippen LogP contribution >= 0.6 is 11.6 Å². The van der Waals surface area contributed by atoms with Gasteiger partial charge in [0, 0.05) is 12.1 Å². The van der Waals surface area contributed by atoms with Crippen LogP contribution in [0.1, 0.15) is 37.4 Å². The number of hydrogen-bond acceptors (Lipinski definition) is 4. The Morgan fingerprint density at radius 3 is 2.24 bits per heavy atom. The number of carbonyl (C=O) groups excluding carboxylic acids is 2. The minimum Gasteiger partial charge on any atom is -0.348 e. The largest absolute Gasteiger partial charge is 0.348 e. The van der Waals surface area contributed by atoms with Gasteiger partial charge in [-0.1, -0.05) is 66.2 Å². The molecular weight excluding hydrogens is 522 g/mol. The third kappa shape index (κ3) is 6.22. The van der Waals surface area contributed by atoms with Crippen LogP contribution in [0.3, 0.4) is 0 Å². The summed E-state index contributed by atoms with van der Waals surface area (Å²) < 4.78 is 28.9. The predicted octanol–water partition coefficient (Wildman–Crippen LogP) is 5.94. The fourth-order valence-corrected chi connectivity index (χ4v) is 5.42. The van der Waals surface area contributed by atoms with Crippen molar-refractivity contribution in [3.63, 3.8) is 0 Å². The highest BCUT2D eigenvalue weighted by Gasteiger charge is 2.22. The van der Waals surface area contributed by atoms with Crippen molar-refractivity contribution in [1.29, 1.82) is 0 Å². The zero-order chi connectivity index (χ0) is 27.3. The Labute approximate surface area is 226 Å². The SMILES string of the molecule is Cc1cccc(NS(=O)(=O)c2cc(C(=O)Nc3ccccc3C(=O)NCc3ccccc3)ccc2Cl)c1C. The Morgan fingerprint density at radius 2 is 1.47 bits per heavy atom. The molecule has 0 radical (unpaired) electrons. The molecule has 4 aromatic rings. The fraction of sp³-hybridized carbons (Fsp3) is 0.103. The molecule has 9 heteroatoms. The second-order valence-electron chi connectivity index (χ2n) is 8.67. The lowest BCUT2D eigenvalue weighted by Crippen LogP contribution is -2.25. The van der Waals surface area contributed by atoms with E-state index < -0.39 is 15.9 Å². The molecule has 3 N–H and O–H groups in total. The second kappa shape index (κ2) is 11.5. The first-order chi connectivity index (χ1) is 18.2. The molecule has 4 aromatic carbocycles. The number of carbonyl (C=O) groups is 2. The summed E-state index contributed by atoms with van der Waals surface area (Å²) in [4.78, 5) is 25.7. The maximum atomic E-state index is 13.2. The normalized spacial score (nSPS) is 11.0. The van der Waals surface area contributed by atoms with Gasteiger partial charge in [0.05, 0.1) is 22.0 Å². The number of aryl methyl sites for hydroxylation is 1. The van der Waals surface area contributed by atoms with Crippen LogP contribution < -0.4 is 15.4 Å². The topological polar surface area (TPSA) is 104 Å². The highest BCUT2D eigenvalue weighted by Crippen LogP contribution is 2.28. The van der Waals surface area contributed by atoms with E-state index in [9.17, 15) is 18.0 Å². The lowest BCUT2D eigenvalue weighted by atomic mass is 10.1. The van der Waals surface area contributed by atoms with E-state index in [2.05, 4.69) is 15.4 Å². The summed E-state index contributed by atoms with van der Waals surface area (Å²) in [5.41, 5.74) is 3.69. The first-order valence-electron chi connectivity index (χ1n) is 11.8. The zero-order valence-corrected chi connectivity index (χ0v) is 22.4. The molecule has 0 spiro atoms. The van der Waals surface area contributed by atoms with Gasteiger partial charge in [0.25, 0.3) is 21.8 Å². The minimum atomic E-state index is -4.09. The van der Waals surface area contributed by atoms with E-state index in [4.69, 9.17) is 11.6 Å². The quantitative estimate of drug-likeness (QED) is 0.254. The number of benzene rings is 4. The number of rotatable bonds is 8. The van der Waals surface area contributed by atoms with Gasteiger partial charge in [0.1, 0.15) is 4.90 Å². The molecular formula is C29H26ClN3O4S. The summed E-state index contributed by atoms with van der Waals surface area (Å²) in [6.07, 6.45) is 0. The second-order valence-corrected chi connectivity index (χ2v) is 10.7. The first kappa shape index (κ1) is 26.9. The van der Waals surface area contributed by atoms with E-state index in [0.29, 0.717) is 12.2 Å². The monoisotopic (exact) mass is 547 g/mol. The smallest absolute Gasteiger partial charge is 0.263 e. The van der Waals surface area contributed by atoms with Gasteiger partial charge in [0.15, 0.2) is 0 Å². The van der Waals surface area contributed by atoms with Crippen LogP contribution in [0.15, 0.2) is 95.9 Å². The molecule has 0 aliphatic heterocycles. The summed E-state index contributed by atoms with van der Waals surface area (Å²) in [6.45, 7) is 4.02. The molecule has 0 fully saturated rings. The van der Waals surface area contributed by atoms with Gasteiger partial charge in [-0.3, -0.25) is 14.3 Å². The summed E-state index contributed by atoms with van der Waals surface area (Å²) in [5, 5.41) is 5.53. The fourth-order valence-electron chi connectivity index (χ4n) is 3.77. The summed E-state index contributed by atoms with van der Waals surface area (Å²) in [7, 11) is -4.09. The number of anilines is 2. The Bertz CT molecular complexity index is 1610.